The van der Waals surface area contributed by atoms with E-state index in [0.29, 0.717) is 16.6 Å². The Morgan fingerprint density at radius 2 is 2.10 bits per heavy atom. The smallest absolute Gasteiger partial charge is 0.250 e. The van der Waals surface area contributed by atoms with Crippen LogP contribution < -0.4 is 11.1 Å². The zero-order chi connectivity index (χ0) is 15.1. The van der Waals surface area contributed by atoms with Crippen LogP contribution >= 0.6 is 12.2 Å². The lowest BCUT2D eigenvalue weighted by molar-refractivity contribution is -0.122. The Balaban J connectivity index is 2.46. The van der Waals surface area contributed by atoms with Gasteiger partial charge in [-0.2, -0.15) is 0 Å². The van der Waals surface area contributed by atoms with Gasteiger partial charge >= 0.3 is 0 Å². The molecule has 5 heteroatoms. The number of thiocarbonyl (C=S) groups is 1. The van der Waals surface area contributed by atoms with Gasteiger partial charge < -0.3 is 15.8 Å². The Hall–Kier alpha value is -1.46. The molecule has 1 aromatic carbocycles. The molecule has 0 spiro atoms. The molecule has 0 aliphatic carbocycles. The Morgan fingerprint density at radius 1 is 1.40 bits per heavy atom. The monoisotopic (exact) mass is 294 g/mol. The van der Waals surface area contributed by atoms with Crippen molar-refractivity contribution in [3.63, 3.8) is 0 Å². The molecule has 0 aliphatic heterocycles. The van der Waals surface area contributed by atoms with Crippen molar-refractivity contribution in [2.75, 3.05) is 11.9 Å². The zero-order valence-electron chi connectivity index (χ0n) is 12.2. The van der Waals surface area contributed by atoms with Crippen molar-refractivity contribution in [2.45, 2.75) is 33.3 Å². The Kier molecular flexibility index (Phi) is 6.61. The van der Waals surface area contributed by atoms with Crippen molar-refractivity contribution in [3.8, 4) is 0 Å². The van der Waals surface area contributed by atoms with Crippen molar-refractivity contribution in [3.05, 3.63) is 29.8 Å². The summed E-state index contributed by atoms with van der Waals surface area (Å²) in [5.74, 6) is 0.371. The minimum atomic E-state index is -0.180. The van der Waals surface area contributed by atoms with E-state index in [2.05, 4.69) is 19.2 Å². The molecule has 20 heavy (non-hydrogen) atoms. The predicted molar refractivity (Wildman–Crippen MR) is 85.8 cm³/mol. The van der Waals surface area contributed by atoms with E-state index in [1.165, 1.54) is 0 Å². The van der Waals surface area contributed by atoms with Crippen molar-refractivity contribution < 1.29 is 9.53 Å². The van der Waals surface area contributed by atoms with Crippen molar-refractivity contribution in [1.29, 1.82) is 0 Å². The summed E-state index contributed by atoms with van der Waals surface area (Å²) in [5, 5.41) is 2.77. The third-order valence-corrected chi connectivity index (χ3v) is 2.97. The largest absolute Gasteiger partial charge is 0.389 e. The lowest BCUT2D eigenvalue weighted by Gasteiger charge is -2.15. The summed E-state index contributed by atoms with van der Waals surface area (Å²) in [4.78, 5) is 12.1. The Morgan fingerprint density at radius 3 is 2.70 bits per heavy atom. The first-order valence-corrected chi connectivity index (χ1v) is 7.10. The fourth-order valence-corrected chi connectivity index (χ4v) is 2.02. The second-order valence-electron chi connectivity index (χ2n) is 5.24. The molecule has 3 N–H and O–H groups in total. The van der Waals surface area contributed by atoms with Gasteiger partial charge in [-0.1, -0.05) is 38.2 Å². The van der Waals surface area contributed by atoms with Gasteiger partial charge in [0.25, 0.3) is 0 Å². The second-order valence-corrected chi connectivity index (χ2v) is 5.68. The number of rotatable bonds is 7. The van der Waals surface area contributed by atoms with Gasteiger partial charge in [0.2, 0.25) is 5.91 Å². The number of nitrogens with two attached hydrogens (primary N) is 1. The van der Waals surface area contributed by atoms with Crippen LogP contribution in [-0.2, 0) is 9.53 Å². The topological polar surface area (TPSA) is 64.3 Å². The first-order valence-electron chi connectivity index (χ1n) is 6.69. The Labute approximate surface area is 125 Å². The highest BCUT2D eigenvalue weighted by Crippen LogP contribution is 2.11. The van der Waals surface area contributed by atoms with Crippen LogP contribution in [-0.4, -0.2) is 23.6 Å². The number of carbonyl (C=O) groups excluding carboxylic acids is 1. The van der Waals surface area contributed by atoms with Crippen LogP contribution in [0.2, 0.25) is 0 Å². The van der Waals surface area contributed by atoms with Crippen LogP contribution in [0.4, 0.5) is 5.69 Å². The molecule has 0 radical (unpaired) electrons. The fraction of sp³-hybridized carbons (Fsp3) is 0.467. The van der Waals surface area contributed by atoms with Crippen LogP contribution in [0.3, 0.4) is 0 Å². The number of carbonyl (C=O) groups is 1. The summed E-state index contributed by atoms with van der Waals surface area (Å²) < 4.78 is 5.50. The number of benzene rings is 1. The van der Waals surface area contributed by atoms with Crippen LogP contribution in [0.5, 0.6) is 0 Å². The normalized spacial score (nSPS) is 12.2. The molecule has 0 aromatic heterocycles. The molecule has 1 unspecified atom stereocenters. The van der Waals surface area contributed by atoms with Crippen LogP contribution in [0.1, 0.15) is 32.8 Å². The van der Waals surface area contributed by atoms with Gasteiger partial charge in [0, 0.05) is 11.3 Å². The van der Waals surface area contributed by atoms with E-state index < -0.39 is 0 Å². The van der Waals surface area contributed by atoms with E-state index in [1.807, 2.05) is 6.92 Å². The number of hydrogen-bond donors (Lipinski definition) is 2. The molecule has 110 valence electrons. The van der Waals surface area contributed by atoms with Crippen LogP contribution in [0, 0.1) is 5.92 Å². The number of amides is 1. The molecule has 0 saturated heterocycles. The molecule has 0 saturated carbocycles. The second kappa shape index (κ2) is 7.97. The highest BCUT2D eigenvalue weighted by Gasteiger charge is 2.09. The van der Waals surface area contributed by atoms with Crippen LogP contribution in [0.15, 0.2) is 24.3 Å². The summed E-state index contributed by atoms with van der Waals surface area (Å²) in [6.07, 6.45) is 1.01. The molecular formula is C15H22N2O2S. The molecule has 1 aromatic rings. The molecule has 1 atom stereocenters. The number of anilines is 1. The third-order valence-electron chi connectivity index (χ3n) is 2.73. The third kappa shape index (κ3) is 6.12. The molecule has 0 bridgehead atoms. The fourth-order valence-electron chi connectivity index (χ4n) is 1.90. The zero-order valence-corrected chi connectivity index (χ0v) is 13.0. The summed E-state index contributed by atoms with van der Waals surface area (Å²) >= 11 is 4.90. The first-order chi connectivity index (χ1) is 9.38. The highest BCUT2D eigenvalue weighted by molar-refractivity contribution is 7.80. The minimum absolute atomic E-state index is 0.0468. The van der Waals surface area contributed by atoms with E-state index in [4.69, 9.17) is 22.7 Å². The quantitative estimate of drug-likeness (QED) is 0.759. The summed E-state index contributed by atoms with van der Waals surface area (Å²) in [5.41, 5.74) is 6.95. The molecule has 0 aliphatic rings. The van der Waals surface area contributed by atoms with Gasteiger partial charge in [0.15, 0.2) is 0 Å². The summed E-state index contributed by atoms with van der Waals surface area (Å²) in [7, 11) is 0. The van der Waals surface area contributed by atoms with Crippen molar-refractivity contribution >= 4 is 28.8 Å². The molecule has 1 amide bonds. The molecular weight excluding hydrogens is 272 g/mol. The SMILES string of the molecule is CC(C)CC(C)OCC(=O)Nc1cccc(C(N)=S)c1. The molecule has 4 nitrogen and oxygen atoms in total. The summed E-state index contributed by atoms with van der Waals surface area (Å²) in [6.45, 7) is 6.27. The van der Waals surface area contributed by atoms with Crippen molar-refractivity contribution in [1.82, 2.24) is 0 Å². The van der Waals surface area contributed by atoms with E-state index in [1.54, 1.807) is 24.3 Å². The predicted octanol–water partition coefficient (Wildman–Crippen LogP) is 2.71. The van der Waals surface area contributed by atoms with Gasteiger partial charge in [-0.25, -0.2) is 0 Å². The molecule has 1 rings (SSSR count). The van der Waals surface area contributed by atoms with Crippen molar-refractivity contribution in [2.24, 2.45) is 11.7 Å². The molecule has 0 heterocycles. The van der Waals surface area contributed by atoms with Gasteiger partial charge in [-0.15, -0.1) is 0 Å². The van der Waals surface area contributed by atoms with Gasteiger partial charge in [0.1, 0.15) is 11.6 Å². The van der Waals surface area contributed by atoms with E-state index in [0.717, 1.165) is 12.0 Å². The van der Waals surface area contributed by atoms with Gasteiger partial charge in [-0.05, 0) is 31.4 Å². The van der Waals surface area contributed by atoms with Gasteiger partial charge in [-0.3, -0.25) is 4.79 Å². The molecule has 0 fully saturated rings. The summed E-state index contributed by atoms with van der Waals surface area (Å²) in [6, 6.07) is 7.14. The lowest BCUT2D eigenvalue weighted by Crippen LogP contribution is -2.23. The maximum absolute atomic E-state index is 11.8. The van der Waals surface area contributed by atoms with E-state index in [9.17, 15) is 4.79 Å². The average molecular weight is 294 g/mol. The maximum Gasteiger partial charge on any atom is 0.250 e. The average Bonchev–Trinajstić information content (AvgIpc) is 2.36. The van der Waals surface area contributed by atoms with Crippen LogP contribution in [0.25, 0.3) is 0 Å². The van der Waals surface area contributed by atoms with Gasteiger partial charge in [0.05, 0.1) is 6.10 Å². The minimum Gasteiger partial charge on any atom is -0.389 e. The maximum atomic E-state index is 11.8. The standard InChI is InChI=1S/C15H22N2O2S/c1-10(2)7-11(3)19-9-14(18)17-13-6-4-5-12(8-13)15(16)20/h4-6,8,10-11H,7,9H2,1-3H3,(H2,16,20)(H,17,18). The first kappa shape index (κ1) is 16.6. The van der Waals surface area contributed by atoms with E-state index in [-0.39, 0.29) is 18.6 Å². The Bertz CT molecular complexity index is 475. The lowest BCUT2D eigenvalue weighted by atomic mass is 10.1. The number of ether oxygens (including phenoxy) is 1. The van der Waals surface area contributed by atoms with E-state index >= 15 is 0 Å². The highest BCUT2D eigenvalue weighted by atomic mass is 32.1. The number of nitrogens with one attached hydrogen (secondary N) is 1. The number of hydrogen-bond acceptors (Lipinski definition) is 3.